The average Bonchev–Trinajstić information content (AvgIpc) is 2.68. The van der Waals surface area contributed by atoms with Crippen LogP contribution in [-0.4, -0.2) is 12.9 Å². The minimum atomic E-state index is -0.414. The lowest BCUT2D eigenvalue weighted by atomic mass is 9.99. The Morgan fingerprint density at radius 2 is 2.16 bits per heavy atom. The van der Waals surface area contributed by atoms with E-state index in [0.717, 1.165) is 31.3 Å². The molecule has 19 heavy (non-hydrogen) atoms. The van der Waals surface area contributed by atoms with Crippen LogP contribution in [0.1, 0.15) is 37.7 Å². The highest BCUT2D eigenvalue weighted by molar-refractivity contribution is 5.96. The van der Waals surface area contributed by atoms with Crippen LogP contribution in [0, 0.1) is 5.82 Å². The van der Waals surface area contributed by atoms with Crippen molar-refractivity contribution in [2.75, 3.05) is 7.11 Å². The van der Waals surface area contributed by atoms with E-state index in [1.165, 1.54) is 19.6 Å². The van der Waals surface area contributed by atoms with Crippen molar-refractivity contribution in [1.29, 1.82) is 0 Å². The molecule has 0 radical (unpaired) electrons. The Morgan fingerprint density at radius 1 is 1.32 bits per heavy atom. The zero-order valence-electron chi connectivity index (χ0n) is 11.2. The first kappa shape index (κ1) is 13.8. The van der Waals surface area contributed by atoms with E-state index in [1.807, 2.05) is 0 Å². The van der Waals surface area contributed by atoms with Crippen LogP contribution >= 0.6 is 0 Å². The molecule has 102 valence electrons. The van der Waals surface area contributed by atoms with Crippen LogP contribution in [0.3, 0.4) is 0 Å². The van der Waals surface area contributed by atoms with Crippen molar-refractivity contribution in [3.8, 4) is 5.75 Å². The molecule has 0 atom stereocenters. The molecule has 1 aromatic rings. The fraction of sp³-hybridized carbons (Fsp3) is 0.438. The molecule has 0 spiro atoms. The number of rotatable bonds is 4. The van der Waals surface area contributed by atoms with Crippen LogP contribution in [-0.2, 0) is 11.2 Å². The number of carbonyl (C=O) groups excluding carboxylic acids is 1. The Balaban J connectivity index is 2.06. The van der Waals surface area contributed by atoms with E-state index in [-0.39, 0.29) is 18.0 Å². The van der Waals surface area contributed by atoms with Gasteiger partial charge < -0.3 is 4.74 Å². The third-order valence-electron chi connectivity index (χ3n) is 3.48. The largest absolute Gasteiger partial charge is 0.494 e. The topological polar surface area (TPSA) is 26.3 Å². The molecule has 1 aromatic carbocycles. The summed E-state index contributed by atoms with van der Waals surface area (Å²) >= 11 is 0. The molecule has 0 bridgehead atoms. The second-order valence-corrected chi connectivity index (χ2v) is 4.90. The normalized spacial score (nSPS) is 15.6. The number of benzene rings is 1. The molecule has 1 aliphatic rings. The molecule has 0 amide bonds. The summed E-state index contributed by atoms with van der Waals surface area (Å²) < 4.78 is 18.4. The van der Waals surface area contributed by atoms with Crippen molar-refractivity contribution in [1.82, 2.24) is 0 Å². The van der Waals surface area contributed by atoms with Gasteiger partial charge >= 0.3 is 0 Å². The molecule has 0 aromatic heterocycles. The summed E-state index contributed by atoms with van der Waals surface area (Å²) in [5.74, 6) is -0.0843. The molecule has 0 N–H and O–H groups in total. The number of allylic oxidation sites excluding steroid dienone is 2. The van der Waals surface area contributed by atoms with Crippen LogP contribution in [0.15, 0.2) is 29.8 Å². The van der Waals surface area contributed by atoms with Gasteiger partial charge in [0.1, 0.15) is 0 Å². The molecule has 3 heteroatoms. The third-order valence-corrected chi connectivity index (χ3v) is 3.48. The van der Waals surface area contributed by atoms with Gasteiger partial charge in [0.2, 0.25) is 0 Å². The molecule has 2 nitrogen and oxygen atoms in total. The van der Waals surface area contributed by atoms with Crippen LogP contribution < -0.4 is 4.74 Å². The van der Waals surface area contributed by atoms with Gasteiger partial charge in [-0.05, 0) is 49.0 Å². The lowest BCUT2D eigenvalue weighted by Crippen LogP contribution is -2.07. The number of ether oxygens (including phenoxy) is 1. The summed E-state index contributed by atoms with van der Waals surface area (Å²) in [5, 5.41) is 0. The van der Waals surface area contributed by atoms with Gasteiger partial charge in [0.15, 0.2) is 17.3 Å². The smallest absolute Gasteiger partial charge is 0.165 e. The number of Topliss-reactive ketones (excluding diaryl/α,β-unsaturated/α-hetero) is 1. The van der Waals surface area contributed by atoms with E-state index < -0.39 is 5.82 Å². The zero-order valence-corrected chi connectivity index (χ0v) is 11.2. The quantitative estimate of drug-likeness (QED) is 0.824. The average molecular weight is 262 g/mol. The summed E-state index contributed by atoms with van der Waals surface area (Å²) in [7, 11) is 1.43. The summed E-state index contributed by atoms with van der Waals surface area (Å²) in [6.45, 7) is 0. The molecule has 0 unspecified atom stereocenters. The second kappa shape index (κ2) is 6.50. The lowest BCUT2D eigenvalue weighted by molar-refractivity contribution is -0.115. The first-order valence-electron chi connectivity index (χ1n) is 6.75. The van der Waals surface area contributed by atoms with Crippen LogP contribution in [0.25, 0.3) is 0 Å². The highest BCUT2D eigenvalue weighted by Crippen LogP contribution is 2.21. The highest BCUT2D eigenvalue weighted by atomic mass is 19.1. The van der Waals surface area contributed by atoms with E-state index in [1.54, 1.807) is 12.1 Å². The minimum Gasteiger partial charge on any atom is -0.494 e. The first-order valence-corrected chi connectivity index (χ1v) is 6.75. The van der Waals surface area contributed by atoms with E-state index >= 15 is 0 Å². The molecule has 0 saturated heterocycles. The third kappa shape index (κ3) is 3.66. The van der Waals surface area contributed by atoms with Crippen LogP contribution in [0.4, 0.5) is 4.39 Å². The van der Waals surface area contributed by atoms with Gasteiger partial charge in [-0.15, -0.1) is 0 Å². The Kier molecular flexibility index (Phi) is 4.72. The van der Waals surface area contributed by atoms with Crippen LogP contribution in [0.2, 0.25) is 0 Å². The van der Waals surface area contributed by atoms with Crippen molar-refractivity contribution in [3.63, 3.8) is 0 Å². The summed E-state index contributed by atoms with van der Waals surface area (Å²) in [6.07, 6.45) is 7.59. The SMILES string of the molecule is COc1ccc(CC(=O)C2=CCCCCC2)cc1F. The molecule has 0 fully saturated rings. The van der Waals surface area contributed by atoms with Crippen molar-refractivity contribution in [2.24, 2.45) is 0 Å². The summed E-state index contributed by atoms with van der Waals surface area (Å²) in [6, 6.07) is 4.70. The number of methoxy groups -OCH3 is 1. The maximum Gasteiger partial charge on any atom is 0.165 e. The Hall–Kier alpha value is -1.64. The maximum atomic E-state index is 13.6. The van der Waals surface area contributed by atoms with Gasteiger partial charge in [-0.3, -0.25) is 4.79 Å². The van der Waals surface area contributed by atoms with E-state index in [0.29, 0.717) is 5.56 Å². The van der Waals surface area contributed by atoms with E-state index in [2.05, 4.69) is 6.08 Å². The van der Waals surface area contributed by atoms with Crippen molar-refractivity contribution >= 4 is 5.78 Å². The first-order chi connectivity index (χ1) is 9.20. The zero-order chi connectivity index (χ0) is 13.7. The predicted molar refractivity (Wildman–Crippen MR) is 72.8 cm³/mol. The molecular weight excluding hydrogens is 243 g/mol. The number of hydrogen-bond donors (Lipinski definition) is 0. The van der Waals surface area contributed by atoms with Gasteiger partial charge in [-0.1, -0.05) is 18.6 Å². The number of carbonyl (C=O) groups is 1. The molecule has 2 rings (SSSR count). The molecule has 0 aliphatic heterocycles. The predicted octanol–water partition coefficient (Wildman–Crippen LogP) is 3.84. The standard InChI is InChI=1S/C16H19FO2/c1-19-16-9-8-12(10-14(16)17)11-15(18)13-6-4-2-3-5-7-13/h6,8-10H,2-5,7,11H2,1H3. The van der Waals surface area contributed by atoms with Gasteiger partial charge in [0, 0.05) is 6.42 Å². The van der Waals surface area contributed by atoms with Gasteiger partial charge in [0.05, 0.1) is 7.11 Å². The van der Waals surface area contributed by atoms with Crippen molar-refractivity contribution in [2.45, 2.75) is 38.5 Å². The van der Waals surface area contributed by atoms with Gasteiger partial charge in [-0.2, -0.15) is 0 Å². The minimum absolute atomic E-state index is 0.117. The molecule has 0 heterocycles. The molecule has 0 saturated carbocycles. The Labute approximate surface area is 113 Å². The number of halogens is 1. The van der Waals surface area contributed by atoms with Gasteiger partial charge in [-0.25, -0.2) is 4.39 Å². The molecule has 1 aliphatic carbocycles. The van der Waals surface area contributed by atoms with Crippen molar-refractivity contribution in [3.05, 3.63) is 41.2 Å². The number of hydrogen-bond acceptors (Lipinski definition) is 2. The Morgan fingerprint density at radius 3 is 2.89 bits per heavy atom. The number of ketones is 1. The van der Waals surface area contributed by atoms with Crippen molar-refractivity contribution < 1.29 is 13.9 Å². The fourth-order valence-electron chi connectivity index (χ4n) is 2.39. The lowest BCUT2D eigenvalue weighted by Gasteiger charge is -2.07. The maximum absolute atomic E-state index is 13.6. The fourth-order valence-corrected chi connectivity index (χ4v) is 2.39. The van der Waals surface area contributed by atoms with E-state index in [9.17, 15) is 9.18 Å². The Bertz CT molecular complexity index is 492. The second-order valence-electron chi connectivity index (χ2n) is 4.90. The summed E-state index contributed by atoms with van der Waals surface area (Å²) in [4.78, 5) is 12.2. The van der Waals surface area contributed by atoms with E-state index in [4.69, 9.17) is 4.74 Å². The van der Waals surface area contributed by atoms with Crippen LogP contribution in [0.5, 0.6) is 5.75 Å². The monoisotopic (exact) mass is 262 g/mol. The van der Waals surface area contributed by atoms with Gasteiger partial charge in [0.25, 0.3) is 0 Å². The molecular formula is C16H19FO2. The summed E-state index contributed by atoms with van der Waals surface area (Å²) in [5.41, 5.74) is 1.61. The highest BCUT2D eigenvalue weighted by Gasteiger charge is 2.13.